The van der Waals surface area contributed by atoms with Gasteiger partial charge in [-0.25, -0.2) is 12.8 Å². The van der Waals surface area contributed by atoms with E-state index in [9.17, 15) is 12.8 Å². The Balaban J connectivity index is 2.45. The Labute approximate surface area is 139 Å². The van der Waals surface area contributed by atoms with Crippen LogP contribution < -0.4 is 4.72 Å². The van der Waals surface area contributed by atoms with E-state index in [1.54, 1.807) is 19.1 Å². The molecule has 0 unspecified atom stereocenters. The summed E-state index contributed by atoms with van der Waals surface area (Å²) in [6.45, 7) is 3.51. The van der Waals surface area contributed by atoms with Gasteiger partial charge in [-0.2, -0.15) is 0 Å². The Kier molecular flexibility index (Phi) is 4.75. The Hall–Kier alpha value is -0.920. The van der Waals surface area contributed by atoms with Crippen LogP contribution >= 0.6 is 31.9 Å². The van der Waals surface area contributed by atoms with Gasteiger partial charge in [-0.05, 0) is 81.1 Å². The van der Waals surface area contributed by atoms with E-state index < -0.39 is 15.8 Å². The largest absolute Gasteiger partial charge is 0.279 e. The standard InChI is InChI=1S/C14H12Br2FNO2S/c1-8-3-4-14(11(16)5-8)21(19,20)18-13-7-10(15)12(17)6-9(13)2/h3-7,18H,1-2H3. The number of aryl methyl sites for hydroxylation is 2. The van der Waals surface area contributed by atoms with Crippen LogP contribution in [0.3, 0.4) is 0 Å². The van der Waals surface area contributed by atoms with Gasteiger partial charge in [-0.1, -0.05) is 6.07 Å². The molecule has 7 heteroatoms. The predicted octanol–water partition coefficient (Wildman–Crippen LogP) is 4.77. The van der Waals surface area contributed by atoms with Crippen LogP contribution in [0.4, 0.5) is 10.1 Å². The molecule has 3 nitrogen and oxygen atoms in total. The highest BCUT2D eigenvalue weighted by Crippen LogP contribution is 2.29. The highest BCUT2D eigenvalue weighted by molar-refractivity contribution is 9.10. The molecule has 0 saturated heterocycles. The van der Waals surface area contributed by atoms with Crippen molar-refractivity contribution in [3.8, 4) is 0 Å². The minimum Gasteiger partial charge on any atom is -0.279 e. The fourth-order valence-electron chi connectivity index (χ4n) is 1.78. The third kappa shape index (κ3) is 3.64. The van der Waals surface area contributed by atoms with E-state index >= 15 is 0 Å². The molecule has 0 saturated carbocycles. The third-order valence-electron chi connectivity index (χ3n) is 2.89. The molecule has 0 amide bonds. The summed E-state index contributed by atoms with van der Waals surface area (Å²) in [6, 6.07) is 7.64. The molecule has 2 aromatic carbocycles. The van der Waals surface area contributed by atoms with Gasteiger partial charge in [0, 0.05) is 4.47 Å². The van der Waals surface area contributed by atoms with E-state index in [0.29, 0.717) is 15.7 Å². The number of nitrogens with one attached hydrogen (secondary N) is 1. The molecule has 0 aliphatic heterocycles. The van der Waals surface area contributed by atoms with Gasteiger partial charge < -0.3 is 0 Å². The second-order valence-corrected chi connectivity index (χ2v) is 7.98. The minimum absolute atomic E-state index is 0.132. The molecule has 0 aliphatic rings. The number of halogens is 3. The quantitative estimate of drug-likeness (QED) is 0.753. The molecule has 0 spiro atoms. The van der Waals surface area contributed by atoms with E-state index in [1.807, 2.05) is 6.92 Å². The maximum atomic E-state index is 13.4. The van der Waals surface area contributed by atoms with Crippen molar-refractivity contribution in [1.82, 2.24) is 0 Å². The SMILES string of the molecule is Cc1ccc(S(=O)(=O)Nc2cc(Br)c(F)cc2C)c(Br)c1. The van der Waals surface area contributed by atoms with Crippen molar-refractivity contribution >= 4 is 47.6 Å². The summed E-state index contributed by atoms with van der Waals surface area (Å²) in [5, 5.41) is 0. The van der Waals surface area contributed by atoms with Crippen LogP contribution in [0, 0.1) is 19.7 Å². The zero-order valence-electron chi connectivity index (χ0n) is 11.2. The molecular formula is C14H12Br2FNO2S. The summed E-state index contributed by atoms with van der Waals surface area (Å²) in [6.07, 6.45) is 0. The van der Waals surface area contributed by atoms with Crippen molar-refractivity contribution in [2.75, 3.05) is 4.72 Å². The van der Waals surface area contributed by atoms with Gasteiger partial charge in [0.15, 0.2) is 0 Å². The van der Waals surface area contributed by atoms with Crippen LogP contribution in [0.5, 0.6) is 0 Å². The first-order valence-electron chi connectivity index (χ1n) is 5.95. The van der Waals surface area contributed by atoms with Crippen molar-refractivity contribution in [3.05, 3.63) is 56.2 Å². The van der Waals surface area contributed by atoms with Crippen LogP contribution in [0.25, 0.3) is 0 Å². The zero-order chi connectivity index (χ0) is 15.8. The lowest BCUT2D eigenvalue weighted by molar-refractivity contribution is 0.600. The molecule has 2 aromatic rings. The molecular weight excluding hydrogens is 425 g/mol. The van der Waals surface area contributed by atoms with Gasteiger partial charge in [-0.3, -0.25) is 4.72 Å². The Morgan fingerprint density at radius 3 is 2.33 bits per heavy atom. The van der Waals surface area contributed by atoms with Crippen LogP contribution in [-0.4, -0.2) is 8.42 Å². The van der Waals surface area contributed by atoms with Crippen molar-refractivity contribution in [1.29, 1.82) is 0 Å². The number of sulfonamides is 1. The molecule has 2 rings (SSSR count). The number of hydrogen-bond acceptors (Lipinski definition) is 2. The Morgan fingerprint density at radius 1 is 1.05 bits per heavy atom. The van der Waals surface area contributed by atoms with Crippen molar-refractivity contribution < 1.29 is 12.8 Å². The van der Waals surface area contributed by atoms with Crippen LogP contribution in [0.1, 0.15) is 11.1 Å². The molecule has 112 valence electrons. The molecule has 0 aromatic heterocycles. The lowest BCUT2D eigenvalue weighted by Crippen LogP contribution is -2.14. The molecule has 0 fully saturated rings. The fourth-order valence-corrected chi connectivity index (χ4v) is 4.44. The number of anilines is 1. The topological polar surface area (TPSA) is 46.2 Å². The molecule has 0 atom stereocenters. The number of rotatable bonds is 3. The third-order valence-corrected chi connectivity index (χ3v) is 5.84. The molecule has 0 heterocycles. The van der Waals surface area contributed by atoms with Crippen LogP contribution in [0.15, 0.2) is 44.2 Å². The molecule has 0 radical (unpaired) electrons. The predicted molar refractivity (Wildman–Crippen MR) is 88.5 cm³/mol. The average Bonchev–Trinajstić information content (AvgIpc) is 2.35. The highest BCUT2D eigenvalue weighted by Gasteiger charge is 2.19. The van der Waals surface area contributed by atoms with E-state index in [0.717, 1.165) is 5.56 Å². The summed E-state index contributed by atoms with van der Waals surface area (Å²) in [5.41, 5.74) is 1.78. The Morgan fingerprint density at radius 2 is 1.71 bits per heavy atom. The maximum absolute atomic E-state index is 13.4. The first kappa shape index (κ1) is 16.5. The first-order chi connectivity index (χ1) is 9.70. The molecule has 0 bridgehead atoms. The fraction of sp³-hybridized carbons (Fsp3) is 0.143. The lowest BCUT2D eigenvalue weighted by Gasteiger charge is -2.13. The van der Waals surface area contributed by atoms with Crippen molar-refractivity contribution in [2.45, 2.75) is 18.7 Å². The van der Waals surface area contributed by atoms with Gasteiger partial charge in [0.05, 0.1) is 10.2 Å². The molecule has 1 N–H and O–H groups in total. The van der Waals surface area contributed by atoms with Gasteiger partial charge in [0.25, 0.3) is 10.0 Å². The van der Waals surface area contributed by atoms with Crippen molar-refractivity contribution in [3.63, 3.8) is 0 Å². The second kappa shape index (κ2) is 6.06. The summed E-state index contributed by atoms with van der Waals surface area (Å²) in [4.78, 5) is 0.132. The normalized spacial score (nSPS) is 11.5. The molecule has 0 aliphatic carbocycles. The minimum atomic E-state index is -3.75. The summed E-state index contributed by atoms with van der Waals surface area (Å²) >= 11 is 6.30. The maximum Gasteiger partial charge on any atom is 0.263 e. The van der Waals surface area contributed by atoms with E-state index in [4.69, 9.17) is 0 Å². The van der Waals surface area contributed by atoms with Gasteiger partial charge in [0.1, 0.15) is 10.7 Å². The summed E-state index contributed by atoms with van der Waals surface area (Å²) in [7, 11) is -3.75. The lowest BCUT2D eigenvalue weighted by atomic mass is 10.2. The molecule has 21 heavy (non-hydrogen) atoms. The summed E-state index contributed by atoms with van der Waals surface area (Å²) < 4.78 is 41.4. The second-order valence-electron chi connectivity index (χ2n) is 4.62. The van der Waals surface area contributed by atoms with Gasteiger partial charge >= 0.3 is 0 Å². The first-order valence-corrected chi connectivity index (χ1v) is 9.02. The number of benzene rings is 2. The van der Waals surface area contributed by atoms with Gasteiger partial charge in [0.2, 0.25) is 0 Å². The zero-order valence-corrected chi connectivity index (χ0v) is 15.2. The summed E-state index contributed by atoms with van der Waals surface area (Å²) in [5.74, 6) is -0.438. The number of hydrogen-bond donors (Lipinski definition) is 1. The average molecular weight is 437 g/mol. The van der Waals surface area contributed by atoms with E-state index in [-0.39, 0.29) is 9.37 Å². The van der Waals surface area contributed by atoms with Crippen molar-refractivity contribution in [2.24, 2.45) is 0 Å². The smallest absolute Gasteiger partial charge is 0.263 e. The Bertz CT molecular complexity index is 807. The van der Waals surface area contributed by atoms with Crippen LogP contribution in [-0.2, 0) is 10.0 Å². The monoisotopic (exact) mass is 435 g/mol. The van der Waals surface area contributed by atoms with Crippen LogP contribution in [0.2, 0.25) is 0 Å². The van der Waals surface area contributed by atoms with E-state index in [2.05, 4.69) is 36.6 Å². The van der Waals surface area contributed by atoms with E-state index in [1.165, 1.54) is 18.2 Å². The highest BCUT2D eigenvalue weighted by atomic mass is 79.9. The van der Waals surface area contributed by atoms with Gasteiger partial charge in [-0.15, -0.1) is 0 Å².